The van der Waals surface area contributed by atoms with Gasteiger partial charge in [0.2, 0.25) is 11.8 Å². The summed E-state index contributed by atoms with van der Waals surface area (Å²) in [6.45, 7) is 3.57. The number of aryl methyl sites for hydroxylation is 2. The molecule has 0 heterocycles. The van der Waals surface area contributed by atoms with Gasteiger partial charge in [0, 0.05) is 19.0 Å². The average molecular weight is 624 g/mol. The lowest BCUT2D eigenvalue weighted by Crippen LogP contribution is -2.54. The number of carbonyl (C=O) groups excluding carboxylic acids is 2. The van der Waals surface area contributed by atoms with Crippen LogP contribution in [0.5, 0.6) is 0 Å². The first kappa shape index (κ1) is 32.0. The molecule has 4 aromatic rings. The van der Waals surface area contributed by atoms with Crippen LogP contribution in [-0.2, 0) is 32.6 Å². The number of carbonyl (C=O) groups is 2. The fourth-order valence-electron chi connectivity index (χ4n) is 5.77. The molecule has 0 aromatic heterocycles. The van der Waals surface area contributed by atoms with Gasteiger partial charge in [0.1, 0.15) is 12.6 Å². The van der Waals surface area contributed by atoms with Crippen LogP contribution in [0.3, 0.4) is 0 Å². The highest BCUT2D eigenvalue weighted by atomic mass is 32.2. The Hall–Kier alpha value is -4.43. The van der Waals surface area contributed by atoms with E-state index in [0.29, 0.717) is 12.1 Å². The summed E-state index contributed by atoms with van der Waals surface area (Å²) >= 11 is 0. The van der Waals surface area contributed by atoms with Gasteiger partial charge in [0.05, 0.1) is 10.6 Å². The van der Waals surface area contributed by atoms with E-state index in [9.17, 15) is 18.0 Å². The molecule has 8 heteroatoms. The van der Waals surface area contributed by atoms with Crippen molar-refractivity contribution in [1.29, 1.82) is 0 Å². The normalized spacial score (nSPS) is 14.1. The Bertz CT molecular complexity index is 1670. The van der Waals surface area contributed by atoms with Gasteiger partial charge >= 0.3 is 0 Å². The highest BCUT2D eigenvalue weighted by Crippen LogP contribution is 2.26. The summed E-state index contributed by atoms with van der Waals surface area (Å²) in [6.07, 6.45) is 4.23. The minimum absolute atomic E-state index is 0.0647. The van der Waals surface area contributed by atoms with Crippen LogP contribution in [0.25, 0.3) is 0 Å². The maximum Gasteiger partial charge on any atom is 0.264 e. The lowest BCUT2D eigenvalue weighted by atomic mass is 10.0. The smallest absolute Gasteiger partial charge is 0.264 e. The topological polar surface area (TPSA) is 86.8 Å². The third-order valence-electron chi connectivity index (χ3n) is 8.38. The number of hydrogen-bond donors (Lipinski definition) is 1. The number of amides is 2. The molecule has 0 bridgehead atoms. The predicted molar refractivity (Wildman–Crippen MR) is 178 cm³/mol. The molecule has 0 aliphatic heterocycles. The second kappa shape index (κ2) is 14.6. The van der Waals surface area contributed by atoms with E-state index in [-0.39, 0.29) is 23.4 Å². The Labute approximate surface area is 266 Å². The Morgan fingerprint density at radius 3 is 1.91 bits per heavy atom. The molecule has 0 radical (unpaired) electrons. The molecular formula is C37H41N3O4S. The Kier molecular flexibility index (Phi) is 10.4. The Morgan fingerprint density at radius 2 is 1.31 bits per heavy atom. The maximum atomic E-state index is 14.5. The first-order valence-corrected chi connectivity index (χ1v) is 17.0. The molecule has 0 saturated heterocycles. The van der Waals surface area contributed by atoms with E-state index in [1.807, 2.05) is 68.4 Å². The second-order valence-corrected chi connectivity index (χ2v) is 13.7. The number of sulfonamides is 1. The Balaban J connectivity index is 1.54. The molecule has 0 spiro atoms. The zero-order chi connectivity index (χ0) is 31.8. The molecule has 5 rings (SSSR count). The summed E-state index contributed by atoms with van der Waals surface area (Å²) in [5.41, 5.74) is 4.15. The SMILES string of the molecule is Cc1ccc(CN(C(=O)CN(c2ccccc2)S(=O)(=O)c2ccc(C)cc2)[C@H](Cc2ccccc2)C(=O)NC2CCCC2)cc1. The summed E-state index contributed by atoms with van der Waals surface area (Å²) in [5.74, 6) is -0.684. The molecule has 1 N–H and O–H groups in total. The van der Waals surface area contributed by atoms with Gasteiger partial charge in [-0.2, -0.15) is 0 Å². The maximum absolute atomic E-state index is 14.5. The van der Waals surface area contributed by atoms with E-state index in [2.05, 4.69) is 5.32 Å². The highest BCUT2D eigenvalue weighted by molar-refractivity contribution is 7.92. The molecule has 1 aliphatic rings. The molecule has 1 saturated carbocycles. The lowest BCUT2D eigenvalue weighted by Gasteiger charge is -2.34. The summed E-state index contributed by atoms with van der Waals surface area (Å²) in [4.78, 5) is 30.3. The number of rotatable bonds is 12. The van der Waals surface area contributed by atoms with Gasteiger partial charge in [0.25, 0.3) is 10.0 Å². The number of anilines is 1. The highest BCUT2D eigenvalue weighted by Gasteiger charge is 2.35. The van der Waals surface area contributed by atoms with Gasteiger partial charge in [-0.05, 0) is 62.1 Å². The van der Waals surface area contributed by atoms with Crippen molar-refractivity contribution >= 4 is 27.5 Å². The van der Waals surface area contributed by atoms with Crippen molar-refractivity contribution in [3.05, 3.63) is 131 Å². The molecule has 1 aliphatic carbocycles. The van der Waals surface area contributed by atoms with Crippen molar-refractivity contribution in [3.63, 3.8) is 0 Å². The van der Waals surface area contributed by atoms with Crippen LogP contribution in [0.15, 0.2) is 114 Å². The molecule has 7 nitrogen and oxygen atoms in total. The standard InChI is InChI=1S/C37H41N3O4S/c1-28-17-21-31(22-18-28)26-39(35(25-30-11-5-3-6-12-30)37(42)38-32-13-9-10-14-32)36(41)27-40(33-15-7-4-8-16-33)45(43,44)34-23-19-29(2)20-24-34/h3-8,11-12,15-24,32,35H,9-10,13-14,25-27H2,1-2H3,(H,38,42)/t35-/m1/s1. The van der Waals surface area contributed by atoms with Crippen molar-refractivity contribution < 1.29 is 18.0 Å². The zero-order valence-electron chi connectivity index (χ0n) is 25.9. The van der Waals surface area contributed by atoms with Crippen LogP contribution in [-0.4, -0.2) is 43.8 Å². The van der Waals surface area contributed by atoms with Crippen molar-refractivity contribution in [2.75, 3.05) is 10.8 Å². The number of hydrogen-bond acceptors (Lipinski definition) is 4. The van der Waals surface area contributed by atoms with Gasteiger partial charge in [-0.25, -0.2) is 8.42 Å². The minimum Gasteiger partial charge on any atom is -0.352 e. The van der Waals surface area contributed by atoms with Gasteiger partial charge in [-0.1, -0.05) is 109 Å². The minimum atomic E-state index is -4.12. The number of benzene rings is 4. The lowest BCUT2D eigenvalue weighted by molar-refractivity contribution is -0.140. The zero-order valence-corrected chi connectivity index (χ0v) is 26.7. The van der Waals surface area contributed by atoms with Crippen LogP contribution in [0, 0.1) is 13.8 Å². The van der Waals surface area contributed by atoms with Gasteiger partial charge < -0.3 is 10.2 Å². The third-order valence-corrected chi connectivity index (χ3v) is 10.2. The quantitative estimate of drug-likeness (QED) is 0.204. The monoisotopic (exact) mass is 623 g/mol. The van der Waals surface area contributed by atoms with Gasteiger partial charge in [0.15, 0.2) is 0 Å². The van der Waals surface area contributed by atoms with Crippen LogP contribution in [0.2, 0.25) is 0 Å². The van der Waals surface area contributed by atoms with Crippen LogP contribution >= 0.6 is 0 Å². The summed E-state index contributed by atoms with van der Waals surface area (Å²) < 4.78 is 29.3. The summed E-state index contributed by atoms with van der Waals surface area (Å²) in [5, 5.41) is 3.21. The molecule has 45 heavy (non-hydrogen) atoms. The van der Waals surface area contributed by atoms with Crippen molar-refractivity contribution in [3.8, 4) is 0 Å². The second-order valence-electron chi connectivity index (χ2n) is 11.9. The third kappa shape index (κ3) is 8.19. The van der Waals surface area contributed by atoms with Crippen LogP contribution < -0.4 is 9.62 Å². The van der Waals surface area contributed by atoms with E-state index < -0.39 is 28.5 Å². The fourth-order valence-corrected chi connectivity index (χ4v) is 7.19. The van der Waals surface area contributed by atoms with E-state index in [4.69, 9.17) is 0 Å². The molecule has 234 valence electrons. The Morgan fingerprint density at radius 1 is 0.756 bits per heavy atom. The average Bonchev–Trinajstić information content (AvgIpc) is 3.56. The van der Waals surface area contributed by atoms with E-state index >= 15 is 0 Å². The number of nitrogens with one attached hydrogen (secondary N) is 1. The molecule has 4 aromatic carbocycles. The number of nitrogens with zero attached hydrogens (tertiary/aromatic N) is 2. The van der Waals surface area contributed by atoms with Crippen molar-refractivity contribution in [1.82, 2.24) is 10.2 Å². The molecule has 0 unspecified atom stereocenters. The molecule has 1 atom stereocenters. The van der Waals surface area contributed by atoms with Crippen molar-refractivity contribution in [2.45, 2.75) is 69.5 Å². The first-order chi connectivity index (χ1) is 21.7. The van der Waals surface area contributed by atoms with Gasteiger partial charge in [-0.15, -0.1) is 0 Å². The van der Waals surface area contributed by atoms with Crippen molar-refractivity contribution in [2.24, 2.45) is 0 Å². The number of para-hydroxylation sites is 1. The summed E-state index contributed by atoms with van der Waals surface area (Å²) in [7, 11) is -4.12. The van der Waals surface area contributed by atoms with Crippen LogP contribution in [0.4, 0.5) is 5.69 Å². The predicted octanol–water partition coefficient (Wildman–Crippen LogP) is 6.20. The van der Waals surface area contributed by atoms with Crippen LogP contribution in [0.1, 0.15) is 47.9 Å². The van der Waals surface area contributed by atoms with E-state index in [0.717, 1.165) is 52.2 Å². The first-order valence-electron chi connectivity index (χ1n) is 15.5. The van der Waals surface area contributed by atoms with Gasteiger partial charge in [-0.3, -0.25) is 13.9 Å². The van der Waals surface area contributed by atoms with E-state index in [1.165, 1.54) is 0 Å². The largest absolute Gasteiger partial charge is 0.352 e. The van der Waals surface area contributed by atoms with E-state index in [1.54, 1.807) is 59.5 Å². The fraction of sp³-hybridized carbons (Fsp3) is 0.297. The summed E-state index contributed by atoms with van der Waals surface area (Å²) in [6, 6.07) is 31.9. The molecule has 1 fully saturated rings. The molecule has 2 amide bonds. The molecular weight excluding hydrogens is 582 g/mol.